The van der Waals surface area contributed by atoms with Gasteiger partial charge in [0.1, 0.15) is 12.2 Å². The van der Waals surface area contributed by atoms with E-state index in [2.05, 4.69) is 20.1 Å². The molecule has 2 aromatic rings. The van der Waals surface area contributed by atoms with Crippen LogP contribution in [0.4, 0.5) is 4.39 Å². The van der Waals surface area contributed by atoms with E-state index in [0.717, 1.165) is 24.5 Å². The van der Waals surface area contributed by atoms with Gasteiger partial charge in [-0.15, -0.1) is 5.10 Å². The van der Waals surface area contributed by atoms with Crippen molar-refractivity contribution in [1.29, 1.82) is 0 Å². The molecule has 2 aromatic heterocycles. The molecule has 0 aliphatic heterocycles. The highest BCUT2D eigenvalue weighted by molar-refractivity contribution is 5.20. The summed E-state index contributed by atoms with van der Waals surface area (Å²) >= 11 is 0. The third-order valence-corrected chi connectivity index (χ3v) is 2.19. The predicted molar refractivity (Wildman–Crippen MR) is 55.7 cm³/mol. The topological polar surface area (TPSA) is 56.5 Å². The molecule has 0 fully saturated rings. The fourth-order valence-electron chi connectivity index (χ4n) is 1.39. The minimum absolute atomic E-state index is 0.413. The van der Waals surface area contributed by atoms with Crippen molar-refractivity contribution in [3.8, 4) is 5.82 Å². The number of rotatable bonds is 3. The molecular weight excluding hydrogens is 209 g/mol. The van der Waals surface area contributed by atoms with Crippen molar-refractivity contribution >= 4 is 0 Å². The van der Waals surface area contributed by atoms with E-state index in [1.54, 1.807) is 4.68 Å². The van der Waals surface area contributed by atoms with Gasteiger partial charge in [-0.2, -0.15) is 9.07 Å². The van der Waals surface area contributed by atoms with Crippen molar-refractivity contribution in [2.45, 2.75) is 26.7 Å². The second-order valence-electron chi connectivity index (χ2n) is 3.26. The highest BCUT2D eigenvalue weighted by Gasteiger charge is 2.10. The van der Waals surface area contributed by atoms with E-state index in [-0.39, 0.29) is 0 Å². The van der Waals surface area contributed by atoms with Gasteiger partial charge in [0, 0.05) is 18.9 Å². The van der Waals surface area contributed by atoms with Crippen LogP contribution in [0.25, 0.3) is 5.82 Å². The Morgan fingerprint density at radius 3 is 2.69 bits per heavy atom. The normalized spacial score (nSPS) is 10.7. The molecule has 6 heteroatoms. The SMILES string of the molecule is CCc1nc(CC)n(-c2cc(F)ncn2)n1. The Bertz CT molecular complexity index is 494. The van der Waals surface area contributed by atoms with E-state index in [9.17, 15) is 4.39 Å². The number of hydrogen-bond acceptors (Lipinski definition) is 4. The van der Waals surface area contributed by atoms with Crippen LogP contribution in [0.15, 0.2) is 12.4 Å². The van der Waals surface area contributed by atoms with Gasteiger partial charge in [0.15, 0.2) is 11.6 Å². The number of aryl methyl sites for hydroxylation is 2. The molecule has 0 N–H and O–H groups in total. The highest BCUT2D eigenvalue weighted by atomic mass is 19.1. The molecule has 0 saturated heterocycles. The van der Waals surface area contributed by atoms with E-state index in [0.29, 0.717) is 5.82 Å². The van der Waals surface area contributed by atoms with Crippen LogP contribution in [0.5, 0.6) is 0 Å². The van der Waals surface area contributed by atoms with Crippen molar-refractivity contribution in [2.24, 2.45) is 0 Å². The van der Waals surface area contributed by atoms with Gasteiger partial charge in [-0.3, -0.25) is 0 Å². The number of halogens is 1. The Morgan fingerprint density at radius 1 is 1.25 bits per heavy atom. The molecule has 84 valence electrons. The zero-order valence-electron chi connectivity index (χ0n) is 9.18. The summed E-state index contributed by atoms with van der Waals surface area (Å²) in [7, 11) is 0. The van der Waals surface area contributed by atoms with Crippen LogP contribution in [0, 0.1) is 5.95 Å². The van der Waals surface area contributed by atoms with Gasteiger partial charge in [-0.25, -0.2) is 15.0 Å². The molecule has 2 rings (SSSR count). The Morgan fingerprint density at radius 2 is 2.06 bits per heavy atom. The monoisotopic (exact) mass is 221 g/mol. The second kappa shape index (κ2) is 4.34. The van der Waals surface area contributed by atoms with Crippen LogP contribution in [-0.2, 0) is 12.8 Å². The van der Waals surface area contributed by atoms with E-state index in [1.807, 2.05) is 13.8 Å². The molecule has 0 unspecified atom stereocenters. The number of hydrogen-bond donors (Lipinski definition) is 0. The summed E-state index contributed by atoms with van der Waals surface area (Å²) < 4.78 is 14.5. The average Bonchev–Trinajstić information content (AvgIpc) is 2.72. The van der Waals surface area contributed by atoms with Gasteiger partial charge in [0.05, 0.1) is 0 Å². The quantitative estimate of drug-likeness (QED) is 0.733. The van der Waals surface area contributed by atoms with E-state index >= 15 is 0 Å². The lowest BCUT2D eigenvalue weighted by Crippen LogP contribution is -2.05. The van der Waals surface area contributed by atoms with Crippen molar-refractivity contribution in [3.05, 3.63) is 30.0 Å². The Balaban J connectivity index is 2.50. The largest absolute Gasteiger partial charge is 0.218 e. The summed E-state index contributed by atoms with van der Waals surface area (Å²) in [4.78, 5) is 11.7. The summed E-state index contributed by atoms with van der Waals surface area (Å²) in [6.45, 7) is 3.94. The van der Waals surface area contributed by atoms with Crippen LogP contribution in [0.1, 0.15) is 25.5 Å². The molecule has 5 nitrogen and oxygen atoms in total. The Hall–Kier alpha value is -1.85. The zero-order chi connectivity index (χ0) is 11.5. The molecule has 0 saturated carbocycles. The first kappa shape index (κ1) is 10.7. The second-order valence-corrected chi connectivity index (χ2v) is 3.26. The fourth-order valence-corrected chi connectivity index (χ4v) is 1.39. The molecule has 0 radical (unpaired) electrons. The van der Waals surface area contributed by atoms with Crippen molar-refractivity contribution in [1.82, 2.24) is 24.7 Å². The van der Waals surface area contributed by atoms with E-state index in [4.69, 9.17) is 0 Å². The molecule has 0 amide bonds. The molecular formula is C10H12FN5. The lowest BCUT2D eigenvalue weighted by Gasteiger charge is -2.01. The van der Waals surface area contributed by atoms with Crippen LogP contribution in [0.2, 0.25) is 0 Å². The van der Waals surface area contributed by atoms with Crippen molar-refractivity contribution in [2.75, 3.05) is 0 Å². The Kier molecular flexibility index (Phi) is 2.89. The van der Waals surface area contributed by atoms with Crippen LogP contribution < -0.4 is 0 Å². The predicted octanol–water partition coefficient (Wildman–Crippen LogP) is 1.32. The smallest absolute Gasteiger partial charge is 0.217 e. The molecule has 0 spiro atoms. The summed E-state index contributed by atoms with van der Waals surface area (Å²) in [6.07, 6.45) is 2.64. The van der Waals surface area contributed by atoms with Gasteiger partial charge in [0.2, 0.25) is 5.95 Å². The number of nitrogens with zero attached hydrogens (tertiary/aromatic N) is 5. The van der Waals surface area contributed by atoms with Gasteiger partial charge < -0.3 is 0 Å². The standard InChI is InChI=1S/C10H12FN5/c1-3-8-14-9(4-2)16(15-8)10-5-7(11)12-6-13-10/h5-6H,3-4H2,1-2H3. The van der Waals surface area contributed by atoms with Gasteiger partial charge in [-0.1, -0.05) is 13.8 Å². The van der Waals surface area contributed by atoms with E-state index < -0.39 is 5.95 Å². The first-order valence-corrected chi connectivity index (χ1v) is 5.17. The molecule has 0 atom stereocenters. The van der Waals surface area contributed by atoms with Gasteiger partial charge in [-0.05, 0) is 0 Å². The molecule has 0 aliphatic rings. The van der Waals surface area contributed by atoms with Gasteiger partial charge in [0.25, 0.3) is 0 Å². The maximum Gasteiger partial charge on any atom is 0.218 e. The first-order valence-electron chi connectivity index (χ1n) is 5.17. The van der Waals surface area contributed by atoms with Gasteiger partial charge >= 0.3 is 0 Å². The molecule has 2 heterocycles. The summed E-state index contributed by atoms with van der Waals surface area (Å²) in [6, 6.07) is 1.24. The summed E-state index contributed by atoms with van der Waals surface area (Å²) in [5.41, 5.74) is 0. The third kappa shape index (κ3) is 1.91. The minimum atomic E-state index is -0.569. The molecule has 0 bridgehead atoms. The maximum atomic E-state index is 13.0. The molecule has 16 heavy (non-hydrogen) atoms. The van der Waals surface area contributed by atoms with Crippen molar-refractivity contribution in [3.63, 3.8) is 0 Å². The lowest BCUT2D eigenvalue weighted by atomic mass is 10.4. The third-order valence-electron chi connectivity index (χ3n) is 2.19. The average molecular weight is 221 g/mol. The lowest BCUT2D eigenvalue weighted by molar-refractivity contribution is 0.574. The van der Waals surface area contributed by atoms with Crippen LogP contribution in [0.3, 0.4) is 0 Å². The highest BCUT2D eigenvalue weighted by Crippen LogP contribution is 2.08. The van der Waals surface area contributed by atoms with Crippen molar-refractivity contribution < 1.29 is 4.39 Å². The maximum absolute atomic E-state index is 13.0. The zero-order valence-corrected chi connectivity index (χ0v) is 9.18. The molecule has 0 aromatic carbocycles. The number of aromatic nitrogens is 5. The van der Waals surface area contributed by atoms with Crippen LogP contribution in [-0.4, -0.2) is 24.7 Å². The fraction of sp³-hybridized carbons (Fsp3) is 0.400. The minimum Gasteiger partial charge on any atom is -0.217 e. The van der Waals surface area contributed by atoms with Crippen LogP contribution >= 0.6 is 0 Å². The summed E-state index contributed by atoms with van der Waals surface area (Å²) in [5, 5.41) is 4.26. The summed E-state index contributed by atoms with van der Waals surface area (Å²) in [5.74, 6) is 1.35. The Labute approximate surface area is 92.4 Å². The first-order chi connectivity index (χ1) is 7.74. The molecule has 0 aliphatic carbocycles. The van der Waals surface area contributed by atoms with E-state index in [1.165, 1.54) is 12.4 Å².